The fraction of sp³-hybridized carbons (Fsp3) is 0. The maximum Gasteiger partial charge on any atom is 0.0734 e. The third-order valence-electron chi connectivity index (χ3n) is 9.54. The van der Waals surface area contributed by atoms with Crippen LogP contribution in [0.2, 0.25) is 0 Å². The van der Waals surface area contributed by atoms with E-state index in [2.05, 4.69) is 179 Å². The first-order chi connectivity index (χ1) is 23.3. The van der Waals surface area contributed by atoms with Crippen LogP contribution in [0.5, 0.6) is 0 Å². The molecule has 3 heterocycles. The molecule has 3 heteroatoms. The van der Waals surface area contributed by atoms with Crippen LogP contribution in [-0.2, 0) is 0 Å². The molecule has 0 unspecified atom stereocenters. The smallest absolute Gasteiger partial charge is 0.0734 e. The van der Waals surface area contributed by atoms with Crippen LogP contribution in [0.15, 0.2) is 170 Å². The van der Waals surface area contributed by atoms with Gasteiger partial charge in [-0.05, 0) is 70.8 Å². The molecule has 0 aliphatic carbocycles. The van der Waals surface area contributed by atoms with Crippen LogP contribution in [0, 0.1) is 0 Å². The fourth-order valence-corrected chi connectivity index (χ4v) is 8.79. The molecule has 47 heavy (non-hydrogen) atoms. The summed E-state index contributed by atoms with van der Waals surface area (Å²) in [6, 6.07) is 61.7. The third kappa shape index (κ3) is 3.90. The van der Waals surface area contributed by atoms with E-state index in [0.717, 1.165) is 0 Å². The van der Waals surface area contributed by atoms with E-state index < -0.39 is 0 Å². The minimum Gasteiger partial charge on any atom is -0.309 e. The summed E-state index contributed by atoms with van der Waals surface area (Å²) in [6.07, 6.45) is 0. The van der Waals surface area contributed by atoms with Crippen LogP contribution in [-0.4, -0.2) is 9.13 Å². The molecule has 0 N–H and O–H groups in total. The normalized spacial score (nSPS) is 11.8. The van der Waals surface area contributed by atoms with Gasteiger partial charge < -0.3 is 9.13 Å². The summed E-state index contributed by atoms with van der Waals surface area (Å²) in [7, 11) is 0. The van der Waals surface area contributed by atoms with E-state index in [1.54, 1.807) is 0 Å². The van der Waals surface area contributed by atoms with Gasteiger partial charge in [0, 0.05) is 37.6 Å². The van der Waals surface area contributed by atoms with Gasteiger partial charge in [0.05, 0.1) is 26.8 Å². The summed E-state index contributed by atoms with van der Waals surface area (Å²) in [5.41, 5.74) is 12.3. The molecule has 7 aromatic carbocycles. The average Bonchev–Trinajstić information content (AvgIpc) is 3.79. The van der Waals surface area contributed by atoms with Gasteiger partial charge in [0.1, 0.15) is 0 Å². The van der Waals surface area contributed by atoms with Crippen molar-refractivity contribution in [3.63, 3.8) is 0 Å². The van der Waals surface area contributed by atoms with Crippen molar-refractivity contribution in [2.45, 2.75) is 0 Å². The van der Waals surface area contributed by atoms with E-state index in [4.69, 9.17) is 0 Å². The quantitative estimate of drug-likeness (QED) is 0.186. The van der Waals surface area contributed by atoms with Crippen LogP contribution in [0.1, 0.15) is 0 Å². The van der Waals surface area contributed by atoms with Gasteiger partial charge in [-0.1, -0.05) is 121 Å². The molecular weight excluding hydrogens is 589 g/mol. The number of rotatable bonds is 4. The van der Waals surface area contributed by atoms with Gasteiger partial charge in [0.15, 0.2) is 0 Å². The first-order valence-corrected chi connectivity index (χ1v) is 16.9. The Morgan fingerprint density at radius 3 is 1.55 bits per heavy atom. The summed E-state index contributed by atoms with van der Waals surface area (Å²) < 4.78 is 7.48. The van der Waals surface area contributed by atoms with Gasteiger partial charge in [0.25, 0.3) is 0 Å². The Balaban J connectivity index is 1.18. The van der Waals surface area contributed by atoms with Crippen molar-refractivity contribution in [1.29, 1.82) is 0 Å². The second kappa shape index (κ2) is 10.3. The molecule has 10 aromatic rings. The molecule has 0 spiro atoms. The zero-order valence-corrected chi connectivity index (χ0v) is 26.3. The minimum absolute atomic E-state index is 1.18. The number of benzene rings is 7. The summed E-state index contributed by atoms with van der Waals surface area (Å²) >= 11 is 1.90. The summed E-state index contributed by atoms with van der Waals surface area (Å²) in [6.45, 7) is 0. The molecule has 0 saturated carbocycles. The first kappa shape index (κ1) is 26.3. The van der Waals surface area contributed by atoms with Gasteiger partial charge >= 0.3 is 0 Å². The van der Waals surface area contributed by atoms with E-state index in [1.165, 1.54) is 86.6 Å². The van der Waals surface area contributed by atoms with Crippen LogP contribution in [0.3, 0.4) is 0 Å². The predicted molar refractivity (Wildman–Crippen MR) is 201 cm³/mol. The Labute approximate surface area is 276 Å². The molecule has 2 nitrogen and oxygen atoms in total. The summed E-state index contributed by atoms with van der Waals surface area (Å²) in [4.78, 5) is 0. The van der Waals surface area contributed by atoms with Gasteiger partial charge in [0.2, 0.25) is 0 Å². The molecule has 10 rings (SSSR count). The third-order valence-corrected chi connectivity index (χ3v) is 10.7. The van der Waals surface area contributed by atoms with E-state index in [9.17, 15) is 0 Å². The van der Waals surface area contributed by atoms with Crippen molar-refractivity contribution < 1.29 is 0 Å². The van der Waals surface area contributed by atoms with Crippen molar-refractivity contribution in [1.82, 2.24) is 9.13 Å². The van der Waals surface area contributed by atoms with Crippen molar-refractivity contribution in [2.24, 2.45) is 0 Å². The number of nitrogens with zero attached hydrogens (tertiary/aromatic N) is 2. The summed E-state index contributed by atoms with van der Waals surface area (Å²) in [5.74, 6) is 0. The lowest BCUT2D eigenvalue weighted by atomic mass is 9.95. The number of hydrogen-bond acceptors (Lipinski definition) is 1. The number of hydrogen-bond donors (Lipinski definition) is 0. The van der Waals surface area contributed by atoms with E-state index in [-0.39, 0.29) is 0 Å². The number of aromatic nitrogens is 2. The molecule has 3 aromatic heterocycles. The molecule has 0 fully saturated rings. The molecule has 220 valence electrons. The second-order valence-electron chi connectivity index (χ2n) is 12.1. The van der Waals surface area contributed by atoms with Crippen LogP contribution < -0.4 is 0 Å². The van der Waals surface area contributed by atoms with Crippen molar-refractivity contribution in [3.05, 3.63) is 170 Å². The van der Waals surface area contributed by atoms with Gasteiger partial charge in [-0.3, -0.25) is 0 Å². The lowest BCUT2D eigenvalue weighted by Crippen LogP contribution is -1.93. The number of thiophene rings is 1. The Kier molecular flexibility index (Phi) is 5.78. The van der Waals surface area contributed by atoms with Crippen molar-refractivity contribution >= 4 is 64.3 Å². The summed E-state index contributed by atoms with van der Waals surface area (Å²) in [5, 5.41) is 5.17. The van der Waals surface area contributed by atoms with Crippen LogP contribution in [0.25, 0.3) is 86.6 Å². The number of fused-ring (bicyclic) bond motifs is 8. The molecule has 0 saturated heterocycles. The SMILES string of the molecule is c1ccc(-n2c3ccccc3c3c(-c4ccc(-c5cccc6sc7c8ccccc8n(-c8ccccc8)c7c56)cc4)cccc32)cc1. The van der Waals surface area contributed by atoms with Crippen LogP contribution >= 0.6 is 11.3 Å². The van der Waals surface area contributed by atoms with Gasteiger partial charge in [-0.15, -0.1) is 11.3 Å². The maximum atomic E-state index is 2.45. The first-order valence-electron chi connectivity index (χ1n) is 16.0. The Morgan fingerprint density at radius 1 is 0.362 bits per heavy atom. The monoisotopic (exact) mass is 616 g/mol. The zero-order chi connectivity index (χ0) is 30.9. The predicted octanol–water partition coefficient (Wildman–Crippen LogP) is 12.4. The zero-order valence-electron chi connectivity index (χ0n) is 25.5. The van der Waals surface area contributed by atoms with Gasteiger partial charge in [-0.2, -0.15) is 0 Å². The highest BCUT2D eigenvalue weighted by Gasteiger charge is 2.20. The molecular formula is C44H28N2S. The number of para-hydroxylation sites is 4. The molecule has 0 atom stereocenters. The topological polar surface area (TPSA) is 9.86 Å². The van der Waals surface area contributed by atoms with Crippen molar-refractivity contribution in [2.75, 3.05) is 0 Å². The van der Waals surface area contributed by atoms with Crippen LogP contribution in [0.4, 0.5) is 0 Å². The Bertz CT molecular complexity index is 2760. The lowest BCUT2D eigenvalue weighted by molar-refractivity contribution is 1.18. The maximum absolute atomic E-state index is 2.45. The lowest BCUT2D eigenvalue weighted by Gasteiger charge is -2.11. The Hall–Kier alpha value is -5.90. The minimum atomic E-state index is 1.18. The fourth-order valence-electron chi connectivity index (χ4n) is 7.54. The molecule has 0 radical (unpaired) electrons. The molecule has 0 bridgehead atoms. The van der Waals surface area contributed by atoms with E-state index in [1.807, 2.05) is 11.3 Å². The second-order valence-corrected chi connectivity index (χ2v) is 13.2. The molecule has 0 aliphatic rings. The standard InChI is InChI=1S/C44H28N2S/c1-3-13-31(14-4-1)45-37-21-9-7-17-35(37)41-33(19-11-23-39(41)45)29-25-27-30(28-26-29)34-20-12-24-40-42(34)43-44(47-40)36-18-8-10-22-38(36)46(43)32-15-5-2-6-16-32/h1-28H. The van der Waals surface area contributed by atoms with E-state index in [0.29, 0.717) is 0 Å². The molecule has 0 aliphatic heterocycles. The highest BCUT2D eigenvalue weighted by Crippen LogP contribution is 2.46. The largest absolute Gasteiger partial charge is 0.309 e. The van der Waals surface area contributed by atoms with Crippen molar-refractivity contribution in [3.8, 4) is 33.6 Å². The molecule has 0 amide bonds. The van der Waals surface area contributed by atoms with E-state index >= 15 is 0 Å². The average molecular weight is 617 g/mol. The van der Waals surface area contributed by atoms with Gasteiger partial charge in [-0.25, -0.2) is 0 Å². The highest BCUT2D eigenvalue weighted by atomic mass is 32.1. The Morgan fingerprint density at radius 2 is 0.872 bits per heavy atom. The highest BCUT2D eigenvalue weighted by molar-refractivity contribution is 7.26.